The van der Waals surface area contributed by atoms with E-state index in [-0.39, 0.29) is 29.4 Å². The summed E-state index contributed by atoms with van der Waals surface area (Å²) in [6.07, 6.45) is 8.90. The first-order valence-electron chi connectivity index (χ1n) is 16.4. The number of aryl methyl sites for hydroxylation is 1. The first kappa shape index (κ1) is 33.3. The lowest BCUT2D eigenvalue weighted by molar-refractivity contribution is 0.310. The number of rotatable bonds is 10. The van der Waals surface area contributed by atoms with Crippen LogP contribution in [0.1, 0.15) is 130 Å². The molecular formula is C38H41F7. The summed E-state index contributed by atoms with van der Waals surface area (Å²) in [4.78, 5) is 0. The van der Waals surface area contributed by atoms with Gasteiger partial charge < -0.3 is 0 Å². The van der Waals surface area contributed by atoms with Crippen LogP contribution in [0, 0.1) is 35.0 Å². The Hall–Kier alpha value is -3.09. The second kappa shape index (κ2) is 15.0. The Labute approximate surface area is 261 Å². The van der Waals surface area contributed by atoms with Gasteiger partial charge in [-0.2, -0.15) is 0 Å². The van der Waals surface area contributed by atoms with E-state index < -0.39 is 40.7 Å². The summed E-state index contributed by atoms with van der Waals surface area (Å²) >= 11 is 0. The first-order valence-corrected chi connectivity index (χ1v) is 16.4. The minimum Gasteiger partial charge on any atom is -0.209 e. The fraction of sp³-hybridized carbons (Fsp3) is 0.474. The molecule has 0 spiro atoms. The van der Waals surface area contributed by atoms with Crippen molar-refractivity contribution in [1.29, 1.82) is 0 Å². The molecule has 0 atom stereocenters. The predicted molar refractivity (Wildman–Crippen MR) is 165 cm³/mol. The standard InChI is InChI=1S/C38H41F7/c1-2-3-4-31(39)37(44)29-17-13-26(14-18-29)25-9-7-23(8-10-25)5-6-24-19-32(40)36(33(41)20-24)28-15-11-27(12-16-28)30-21-34(42)38(45)35(43)22-30/h13-14,17-23,25,27-28H,2-12,15-16H2,1H3. The third kappa shape index (κ3) is 8.01. The molecule has 0 saturated heterocycles. The van der Waals surface area contributed by atoms with Crippen molar-refractivity contribution in [3.63, 3.8) is 0 Å². The van der Waals surface area contributed by atoms with Gasteiger partial charge in [0.15, 0.2) is 23.3 Å². The van der Waals surface area contributed by atoms with Gasteiger partial charge in [0.1, 0.15) is 17.5 Å². The van der Waals surface area contributed by atoms with E-state index in [4.69, 9.17) is 0 Å². The van der Waals surface area contributed by atoms with E-state index in [1.54, 1.807) is 12.1 Å². The van der Waals surface area contributed by atoms with Crippen molar-refractivity contribution in [3.8, 4) is 0 Å². The maximum atomic E-state index is 15.2. The normalized spacial score (nSPS) is 22.8. The molecule has 3 aromatic rings. The zero-order chi connectivity index (χ0) is 32.1. The molecule has 45 heavy (non-hydrogen) atoms. The van der Waals surface area contributed by atoms with Crippen molar-refractivity contribution in [2.75, 3.05) is 0 Å². The molecule has 0 unspecified atom stereocenters. The summed E-state index contributed by atoms with van der Waals surface area (Å²) in [5, 5.41) is 0. The van der Waals surface area contributed by atoms with E-state index >= 15 is 8.78 Å². The monoisotopic (exact) mass is 630 g/mol. The average molecular weight is 631 g/mol. The number of hydrogen-bond donors (Lipinski definition) is 0. The molecule has 2 saturated carbocycles. The Morgan fingerprint density at radius 1 is 0.644 bits per heavy atom. The molecule has 0 radical (unpaired) electrons. The Morgan fingerprint density at radius 3 is 1.76 bits per heavy atom. The summed E-state index contributed by atoms with van der Waals surface area (Å²) in [6.45, 7) is 1.94. The Balaban J connectivity index is 1.11. The summed E-state index contributed by atoms with van der Waals surface area (Å²) in [5.74, 6) is -6.18. The average Bonchev–Trinajstić information content (AvgIpc) is 3.05. The van der Waals surface area contributed by atoms with Crippen LogP contribution in [0.4, 0.5) is 30.7 Å². The molecule has 2 aliphatic carbocycles. The summed E-state index contributed by atoms with van der Waals surface area (Å²) in [5.41, 5.74) is 2.51. The van der Waals surface area contributed by atoms with Crippen molar-refractivity contribution in [1.82, 2.24) is 0 Å². The van der Waals surface area contributed by atoms with Gasteiger partial charge in [-0.3, -0.25) is 0 Å². The van der Waals surface area contributed by atoms with Crippen molar-refractivity contribution in [2.24, 2.45) is 5.92 Å². The largest absolute Gasteiger partial charge is 0.209 e. The van der Waals surface area contributed by atoms with Crippen LogP contribution in [0.15, 0.2) is 54.4 Å². The van der Waals surface area contributed by atoms with E-state index in [0.717, 1.165) is 56.2 Å². The first-order chi connectivity index (χ1) is 21.6. The van der Waals surface area contributed by atoms with Gasteiger partial charge in [-0.1, -0.05) is 37.6 Å². The molecule has 0 amide bonds. The predicted octanol–water partition coefficient (Wildman–Crippen LogP) is 12.5. The maximum absolute atomic E-state index is 15.2. The Morgan fingerprint density at radius 2 is 1.18 bits per heavy atom. The minimum absolute atomic E-state index is 0.0827. The fourth-order valence-electron chi connectivity index (χ4n) is 7.35. The van der Waals surface area contributed by atoms with Gasteiger partial charge in [-0.25, -0.2) is 30.7 Å². The molecule has 2 fully saturated rings. The number of hydrogen-bond acceptors (Lipinski definition) is 0. The lowest BCUT2D eigenvalue weighted by Gasteiger charge is -2.30. The highest BCUT2D eigenvalue weighted by Crippen LogP contribution is 2.43. The van der Waals surface area contributed by atoms with Crippen LogP contribution in [0.3, 0.4) is 0 Å². The highest BCUT2D eigenvalue weighted by atomic mass is 19.2. The lowest BCUT2D eigenvalue weighted by atomic mass is 9.75. The molecule has 0 aromatic heterocycles. The van der Waals surface area contributed by atoms with E-state index in [1.165, 1.54) is 12.1 Å². The van der Waals surface area contributed by atoms with E-state index in [2.05, 4.69) is 0 Å². The lowest BCUT2D eigenvalue weighted by Crippen LogP contribution is -2.16. The van der Waals surface area contributed by atoms with Crippen LogP contribution in [-0.2, 0) is 6.42 Å². The van der Waals surface area contributed by atoms with Crippen molar-refractivity contribution >= 4 is 5.83 Å². The molecule has 0 N–H and O–H groups in total. The maximum Gasteiger partial charge on any atom is 0.194 e. The molecule has 5 rings (SSSR count). The number of benzene rings is 3. The van der Waals surface area contributed by atoms with Crippen LogP contribution in [0.5, 0.6) is 0 Å². The van der Waals surface area contributed by atoms with Crippen molar-refractivity contribution in [3.05, 3.63) is 111 Å². The van der Waals surface area contributed by atoms with Gasteiger partial charge in [0.25, 0.3) is 0 Å². The number of allylic oxidation sites excluding steroid dienone is 1. The third-order valence-electron chi connectivity index (χ3n) is 10.1. The smallest absolute Gasteiger partial charge is 0.194 e. The second-order valence-electron chi connectivity index (χ2n) is 13.0. The zero-order valence-electron chi connectivity index (χ0n) is 25.8. The molecule has 0 heterocycles. The van der Waals surface area contributed by atoms with Crippen LogP contribution in [-0.4, -0.2) is 0 Å². The quantitative estimate of drug-likeness (QED) is 0.154. The van der Waals surface area contributed by atoms with Gasteiger partial charge in [0.2, 0.25) is 0 Å². The van der Waals surface area contributed by atoms with E-state index in [1.807, 2.05) is 19.1 Å². The van der Waals surface area contributed by atoms with Crippen LogP contribution >= 0.6 is 0 Å². The van der Waals surface area contributed by atoms with Gasteiger partial charge in [0.05, 0.1) is 0 Å². The number of halogens is 7. The van der Waals surface area contributed by atoms with Gasteiger partial charge in [0, 0.05) is 17.5 Å². The fourth-order valence-corrected chi connectivity index (χ4v) is 7.35. The van der Waals surface area contributed by atoms with Crippen LogP contribution in [0.25, 0.3) is 5.83 Å². The summed E-state index contributed by atoms with van der Waals surface area (Å²) < 4.78 is 99.6. The van der Waals surface area contributed by atoms with Crippen molar-refractivity contribution < 1.29 is 30.7 Å². The molecular weight excluding hydrogens is 589 g/mol. The second-order valence-corrected chi connectivity index (χ2v) is 13.0. The zero-order valence-corrected chi connectivity index (χ0v) is 25.8. The molecule has 7 heteroatoms. The summed E-state index contributed by atoms with van der Waals surface area (Å²) in [7, 11) is 0. The highest BCUT2D eigenvalue weighted by molar-refractivity contribution is 5.61. The molecule has 0 aliphatic heterocycles. The molecule has 0 nitrogen and oxygen atoms in total. The molecule has 0 bridgehead atoms. The van der Waals surface area contributed by atoms with E-state index in [0.29, 0.717) is 61.5 Å². The molecule has 3 aromatic carbocycles. The van der Waals surface area contributed by atoms with Crippen LogP contribution < -0.4 is 0 Å². The molecule has 2 aliphatic rings. The Bertz CT molecular complexity index is 1430. The topological polar surface area (TPSA) is 0 Å². The van der Waals surface area contributed by atoms with Gasteiger partial charge >= 0.3 is 0 Å². The molecule has 242 valence electrons. The highest BCUT2D eigenvalue weighted by Gasteiger charge is 2.29. The SMILES string of the molecule is CCCCC(F)=C(F)c1ccc(C2CCC(CCc3cc(F)c(C4CCC(c5cc(F)c(F)c(F)c5)CC4)c(F)c3)CC2)cc1. The minimum atomic E-state index is -1.49. The van der Waals surface area contributed by atoms with Crippen molar-refractivity contribution in [2.45, 2.75) is 108 Å². The van der Waals surface area contributed by atoms with Crippen LogP contribution in [0.2, 0.25) is 0 Å². The summed E-state index contributed by atoms with van der Waals surface area (Å²) in [6, 6.07) is 12.0. The Kier molecular flexibility index (Phi) is 11.1. The third-order valence-corrected chi connectivity index (χ3v) is 10.1. The van der Waals surface area contributed by atoms with E-state index in [9.17, 15) is 22.0 Å². The number of unbranched alkanes of at least 4 members (excludes halogenated alkanes) is 1. The van der Waals surface area contributed by atoms with Gasteiger partial charge in [-0.05, 0) is 135 Å². The van der Waals surface area contributed by atoms with Gasteiger partial charge in [-0.15, -0.1) is 0 Å².